The number of anilines is 6. The summed E-state index contributed by atoms with van der Waals surface area (Å²) in [6, 6.07) is 30.9. The molecule has 391 valence electrons. The molecule has 9 aromatic rings. The number of aromatic carboxylic acids is 1. The summed E-state index contributed by atoms with van der Waals surface area (Å²) in [5.41, 5.74) is 8.84. The SMILES string of the molecule is CNc1cc2oc(=O)c(C(=O)OC)cc2s1.COC(=O)c1cc2sc(N(C)C(=O)Nc3cccc(C)c3)cc2oc1=O.Cc1cccc(N)c1.Cc1cccc(NC(=O)N(C)c2cc3oc(=O)c(C(=O)O)cc3s2)c1.[B]. The molecule has 0 saturated heterocycles. The number of nitrogens with one attached hydrogen (secondary N) is 3. The minimum atomic E-state index is -1.35. The van der Waals surface area contributed by atoms with Gasteiger partial charge in [-0.2, -0.15) is 0 Å². The van der Waals surface area contributed by atoms with E-state index < -0.39 is 40.3 Å². The number of rotatable bonds is 8. The zero-order valence-electron chi connectivity index (χ0n) is 41.9. The van der Waals surface area contributed by atoms with Crippen LogP contribution < -0.4 is 48.4 Å². The van der Waals surface area contributed by atoms with Crippen molar-refractivity contribution in [2.45, 2.75) is 20.8 Å². The summed E-state index contributed by atoms with van der Waals surface area (Å²) in [4.78, 5) is 96.4. The number of carbonyl (C=O) groups excluding carboxylic acids is 4. The first-order valence-electron chi connectivity index (χ1n) is 22.0. The Labute approximate surface area is 446 Å². The van der Waals surface area contributed by atoms with Crippen LogP contribution in [0.3, 0.4) is 0 Å². The van der Waals surface area contributed by atoms with Crippen LogP contribution in [0, 0.1) is 20.8 Å². The predicted molar refractivity (Wildman–Crippen MR) is 299 cm³/mol. The molecule has 6 heterocycles. The van der Waals surface area contributed by atoms with E-state index >= 15 is 0 Å². The van der Waals surface area contributed by atoms with E-state index in [1.807, 2.05) is 81.4 Å². The molecule has 76 heavy (non-hydrogen) atoms. The summed E-state index contributed by atoms with van der Waals surface area (Å²) in [7, 11) is 7.36. The van der Waals surface area contributed by atoms with E-state index in [4.69, 9.17) is 24.1 Å². The van der Waals surface area contributed by atoms with Crippen molar-refractivity contribution in [2.24, 2.45) is 0 Å². The monoisotopic (exact) mass is 1090 g/mol. The zero-order chi connectivity index (χ0) is 54.7. The second kappa shape index (κ2) is 25.8. The second-order valence-corrected chi connectivity index (χ2v) is 19.2. The van der Waals surface area contributed by atoms with Crippen molar-refractivity contribution in [1.82, 2.24) is 0 Å². The lowest BCUT2D eigenvalue weighted by molar-refractivity contribution is 0.0587. The van der Waals surface area contributed by atoms with Gasteiger partial charge >= 0.3 is 46.8 Å². The first-order chi connectivity index (χ1) is 35.7. The van der Waals surface area contributed by atoms with E-state index in [2.05, 4.69) is 25.4 Å². The summed E-state index contributed by atoms with van der Waals surface area (Å²) in [6.45, 7) is 5.88. The van der Waals surface area contributed by atoms with E-state index in [-0.39, 0.29) is 37.2 Å². The molecule has 6 N–H and O–H groups in total. The molecule has 0 spiro atoms. The van der Waals surface area contributed by atoms with E-state index in [0.29, 0.717) is 41.9 Å². The molecule has 0 atom stereocenters. The van der Waals surface area contributed by atoms with Gasteiger partial charge in [-0.3, -0.25) is 9.80 Å². The van der Waals surface area contributed by atoms with Gasteiger partial charge in [0.25, 0.3) is 0 Å². The van der Waals surface area contributed by atoms with E-state index in [1.54, 1.807) is 45.4 Å². The molecule has 3 aromatic carbocycles. The van der Waals surface area contributed by atoms with Crippen molar-refractivity contribution in [3.63, 3.8) is 0 Å². The highest BCUT2D eigenvalue weighted by Gasteiger charge is 2.21. The van der Waals surface area contributed by atoms with Crippen LogP contribution in [0.2, 0.25) is 0 Å². The molecule has 0 aliphatic heterocycles. The van der Waals surface area contributed by atoms with Crippen molar-refractivity contribution in [2.75, 3.05) is 66.8 Å². The normalized spacial score (nSPS) is 10.3. The quantitative estimate of drug-likeness (QED) is 0.0537. The van der Waals surface area contributed by atoms with Crippen molar-refractivity contribution >= 4 is 135 Å². The lowest BCUT2D eigenvalue weighted by atomic mass is 10.2. The summed E-state index contributed by atoms with van der Waals surface area (Å²) >= 11 is 3.78. The number of carboxylic acids is 1. The van der Waals surface area contributed by atoms with E-state index in [1.165, 1.54) is 76.5 Å². The van der Waals surface area contributed by atoms with E-state index in [0.717, 1.165) is 37.9 Å². The third-order valence-electron chi connectivity index (χ3n) is 10.4. The average molecular weight is 1090 g/mol. The molecule has 0 fully saturated rings. The number of ether oxygens (including phenoxy) is 2. The largest absolute Gasteiger partial charge is 0.477 e. The molecule has 0 unspecified atom stereocenters. The Morgan fingerprint density at radius 3 is 1.30 bits per heavy atom. The maximum atomic E-state index is 12.4. The molecule has 6 aromatic heterocycles. The summed E-state index contributed by atoms with van der Waals surface area (Å²) in [5.74, 6) is -2.80. The van der Waals surface area contributed by atoms with Crippen LogP contribution in [-0.4, -0.2) is 78.9 Å². The minimum Gasteiger partial charge on any atom is -0.477 e. The highest BCUT2D eigenvalue weighted by molar-refractivity contribution is 7.23. The van der Waals surface area contributed by atoms with Gasteiger partial charge in [0.2, 0.25) is 0 Å². The van der Waals surface area contributed by atoms with Gasteiger partial charge in [-0.05, 0) is 92.1 Å². The highest BCUT2D eigenvalue weighted by atomic mass is 32.1. The number of benzene rings is 3. The molecule has 24 heteroatoms. The number of carbonyl (C=O) groups is 5. The fourth-order valence-electron chi connectivity index (χ4n) is 6.55. The predicted octanol–water partition coefficient (Wildman–Crippen LogP) is 10.0. The Morgan fingerprint density at radius 1 is 0.553 bits per heavy atom. The number of nitrogens with zero attached hydrogens (tertiary/aromatic N) is 2. The van der Waals surface area contributed by atoms with Crippen LogP contribution in [0.25, 0.3) is 30.8 Å². The molecule has 3 radical (unpaired) electrons. The highest BCUT2D eigenvalue weighted by Crippen LogP contribution is 2.34. The maximum absolute atomic E-state index is 12.4. The number of hydrogen-bond acceptors (Lipinski definition) is 18. The molecule has 0 aliphatic carbocycles. The number of thiophene rings is 3. The first kappa shape index (κ1) is 57.9. The third kappa shape index (κ3) is 14.6. The fraction of sp³-hybridized carbons (Fsp3) is 0.154. The van der Waals surface area contributed by atoms with Crippen molar-refractivity contribution in [3.8, 4) is 0 Å². The van der Waals surface area contributed by atoms with Gasteiger partial charge in [0, 0.05) is 64.8 Å². The number of nitrogen functional groups attached to an aromatic ring is 1. The number of aryl methyl sites for hydroxylation is 3. The fourth-order valence-corrected chi connectivity index (χ4v) is 9.41. The van der Waals surface area contributed by atoms with Crippen LogP contribution in [0.1, 0.15) is 47.8 Å². The van der Waals surface area contributed by atoms with Crippen LogP contribution >= 0.6 is 34.0 Å². The molecule has 0 bridgehead atoms. The van der Waals surface area contributed by atoms with Crippen molar-refractivity contribution in [1.29, 1.82) is 0 Å². The molecular formula is C52H48BN6O14S3. The Bertz CT molecular complexity index is 3770. The number of hydrogen-bond donors (Lipinski definition) is 5. The van der Waals surface area contributed by atoms with Crippen molar-refractivity contribution < 1.29 is 51.8 Å². The lowest BCUT2D eigenvalue weighted by Gasteiger charge is -2.16. The first-order valence-corrected chi connectivity index (χ1v) is 24.5. The van der Waals surface area contributed by atoms with Crippen LogP contribution in [0.4, 0.5) is 41.7 Å². The summed E-state index contributed by atoms with van der Waals surface area (Å²) in [6.07, 6.45) is 0. The topological polar surface area (TPSA) is 283 Å². The molecule has 0 saturated carbocycles. The average Bonchev–Trinajstić information content (AvgIpc) is 4.11. The number of fused-ring (bicyclic) bond motifs is 3. The summed E-state index contributed by atoms with van der Waals surface area (Å²) < 4.78 is 26.0. The minimum absolute atomic E-state index is 0. The Balaban J connectivity index is 0.000000199. The Hall–Kier alpha value is -9.00. The van der Waals surface area contributed by atoms with Gasteiger partial charge < -0.3 is 49.5 Å². The number of esters is 2. The van der Waals surface area contributed by atoms with Crippen LogP contribution in [-0.2, 0) is 9.47 Å². The van der Waals surface area contributed by atoms with Crippen LogP contribution in [0.15, 0.2) is 137 Å². The zero-order valence-corrected chi connectivity index (χ0v) is 44.4. The van der Waals surface area contributed by atoms with Crippen molar-refractivity contribution in [3.05, 3.63) is 174 Å². The van der Waals surface area contributed by atoms with Crippen LogP contribution in [0.5, 0.6) is 0 Å². The van der Waals surface area contributed by atoms with Gasteiger partial charge in [0.1, 0.15) is 26.7 Å². The smallest absolute Gasteiger partial charge is 0.351 e. The number of urea groups is 2. The van der Waals surface area contributed by atoms with Gasteiger partial charge in [0.05, 0.1) is 33.3 Å². The third-order valence-corrected chi connectivity index (χ3v) is 13.7. The van der Waals surface area contributed by atoms with Gasteiger partial charge in [-0.25, -0.2) is 38.4 Å². The van der Waals surface area contributed by atoms with E-state index in [9.17, 15) is 38.4 Å². The Morgan fingerprint density at radius 2 is 0.934 bits per heavy atom. The summed E-state index contributed by atoms with van der Waals surface area (Å²) in [5, 5.41) is 19.4. The maximum Gasteiger partial charge on any atom is 0.351 e. The molecular weight excluding hydrogens is 1040 g/mol. The molecule has 4 amide bonds. The molecule has 9 rings (SSSR count). The molecule has 20 nitrogen and oxygen atoms in total. The number of methoxy groups -OCH3 is 2. The van der Waals surface area contributed by atoms with Gasteiger partial charge in [-0.1, -0.05) is 36.4 Å². The Kier molecular flexibility index (Phi) is 19.6. The number of nitrogens with two attached hydrogens (primary N) is 1. The number of carboxylic acid groups (broad SMARTS) is 1. The number of amides is 4. The standard InChI is InChI=1S/C18H16N2O5S.C17H14N2O5S.C10H9NO4S.C7H9N.B/c1-10-5-4-6-11(7-10)19-18(23)20(2)15-9-13-14(26-15)8-12(16(21)24-3)17(22)25-13;1-9-4-3-5-10(6-9)18-17(23)19(2)14-8-12-13(25-14)7-11(15(20)21)16(22)24-12;1-11-8-4-6-7(16-8)3-5(9(12)14-2)10(13)15-6;1-6-3-2-4-7(8)5-6;/h4-9H,1-3H3,(H,19,23);3-8H,1-2H3,(H,18,23)(H,20,21);3-4,11H,1-2H3;2-5H,8H2,1H3;. The second-order valence-electron chi connectivity index (χ2n) is 16.0. The van der Waals surface area contributed by atoms with Gasteiger partial charge in [0.15, 0.2) is 16.7 Å². The lowest BCUT2D eigenvalue weighted by Crippen LogP contribution is -2.30. The van der Waals surface area contributed by atoms with Gasteiger partial charge in [-0.15, -0.1) is 34.0 Å². The molecule has 0 aliphatic rings.